The summed E-state index contributed by atoms with van der Waals surface area (Å²) in [6.07, 6.45) is 2.17. The summed E-state index contributed by atoms with van der Waals surface area (Å²) in [4.78, 5) is 8.80. The number of hydrogen-bond donors (Lipinski definition) is 4. The Bertz CT molecular complexity index is 1060. The highest BCUT2D eigenvalue weighted by Crippen LogP contribution is 2.37. The Labute approximate surface area is 151 Å². The molecular weight excluding hydrogens is 326 g/mol. The van der Waals surface area contributed by atoms with Gasteiger partial charge in [0.05, 0.1) is 0 Å². The van der Waals surface area contributed by atoms with Gasteiger partial charge in [0.1, 0.15) is 11.7 Å². The summed E-state index contributed by atoms with van der Waals surface area (Å²) in [7, 11) is 0. The highest BCUT2D eigenvalue weighted by atomic mass is 16.5. The SMILES string of the molecule is Cc1ccc2c(c1)C(N)=NC(NO)(c1cc3ccnc(N)c3cc1C)C2. The molecule has 0 radical (unpaired) electrons. The zero-order chi connectivity index (χ0) is 18.5. The first-order valence-electron chi connectivity index (χ1n) is 8.45. The molecule has 0 spiro atoms. The lowest BCUT2D eigenvalue weighted by Gasteiger charge is -2.35. The average molecular weight is 347 g/mol. The normalized spacial score (nSPS) is 19.3. The van der Waals surface area contributed by atoms with Crippen molar-refractivity contribution < 1.29 is 5.21 Å². The van der Waals surface area contributed by atoms with Gasteiger partial charge >= 0.3 is 0 Å². The Morgan fingerprint density at radius 1 is 1.12 bits per heavy atom. The molecule has 2 heterocycles. The van der Waals surface area contributed by atoms with Crippen LogP contribution in [0.15, 0.2) is 47.6 Å². The molecule has 0 bridgehead atoms. The number of benzene rings is 2. The van der Waals surface area contributed by atoms with Crippen molar-refractivity contribution in [1.29, 1.82) is 0 Å². The fourth-order valence-electron chi connectivity index (χ4n) is 3.74. The summed E-state index contributed by atoms with van der Waals surface area (Å²) in [5.41, 5.74) is 18.5. The number of amidine groups is 1. The second kappa shape index (κ2) is 5.79. The number of aromatic nitrogens is 1. The van der Waals surface area contributed by atoms with E-state index in [2.05, 4.69) is 15.5 Å². The van der Waals surface area contributed by atoms with Gasteiger partial charge in [-0.25, -0.2) is 9.98 Å². The molecule has 1 aliphatic rings. The van der Waals surface area contributed by atoms with Gasteiger partial charge in [-0.2, -0.15) is 5.48 Å². The van der Waals surface area contributed by atoms with Crippen LogP contribution in [-0.2, 0) is 12.1 Å². The minimum Gasteiger partial charge on any atom is -0.383 e. The van der Waals surface area contributed by atoms with Crippen LogP contribution in [-0.4, -0.2) is 16.0 Å². The van der Waals surface area contributed by atoms with Crippen LogP contribution in [0.1, 0.15) is 27.8 Å². The van der Waals surface area contributed by atoms with E-state index >= 15 is 0 Å². The summed E-state index contributed by atoms with van der Waals surface area (Å²) >= 11 is 0. The van der Waals surface area contributed by atoms with Crippen LogP contribution in [0, 0.1) is 13.8 Å². The van der Waals surface area contributed by atoms with Crippen molar-refractivity contribution in [3.05, 3.63) is 70.4 Å². The van der Waals surface area contributed by atoms with Gasteiger partial charge in [-0.05, 0) is 60.2 Å². The van der Waals surface area contributed by atoms with Gasteiger partial charge < -0.3 is 16.7 Å². The fourth-order valence-corrected chi connectivity index (χ4v) is 3.74. The van der Waals surface area contributed by atoms with Crippen molar-refractivity contribution >= 4 is 22.4 Å². The van der Waals surface area contributed by atoms with Gasteiger partial charge in [0.25, 0.3) is 0 Å². The van der Waals surface area contributed by atoms with Gasteiger partial charge in [-0.3, -0.25) is 0 Å². The number of anilines is 1. The lowest BCUT2D eigenvalue weighted by atomic mass is 9.84. The van der Waals surface area contributed by atoms with Crippen molar-refractivity contribution in [2.24, 2.45) is 10.7 Å². The second-order valence-corrected chi connectivity index (χ2v) is 6.89. The van der Waals surface area contributed by atoms with Crippen LogP contribution in [0.3, 0.4) is 0 Å². The maximum Gasteiger partial charge on any atom is 0.164 e. The largest absolute Gasteiger partial charge is 0.383 e. The predicted octanol–water partition coefficient (Wildman–Crippen LogP) is 2.53. The molecule has 1 atom stereocenters. The number of hydroxylamine groups is 1. The Morgan fingerprint density at radius 2 is 1.92 bits per heavy atom. The molecule has 6 N–H and O–H groups in total. The summed E-state index contributed by atoms with van der Waals surface area (Å²) in [6, 6.07) is 12.0. The number of fused-ring (bicyclic) bond motifs is 2. The van der Waals surface area contributed by atoms with E-state index in [0.29, 0.717) is 18.1 Å². The van der Waals surface area contributed by atoms with E-state index in [4.69, 9.17) is 11.5 Å². The highest BCUT2D eigenvalue weighted by Gasteiger charge is 2.37. The van der Waals surface area contributed by atoms with Crippen molar-refractivity contribution in [3.63, 3.8) is 0 Å². The topological polar surface area (TPSA) is 110 Å². The molecule has 1 unspecified atom stereocenters. The molecule has 1 aliphatic heterocycles. The maximum atomic E-state index is 10.1. The molecule has 0 saturated carbocycles. The Morgan fingerprint density at radius 3 is 2.69 bits per heavy atom. The maximum absolute atomic E-state index is 10.1. The number of rotatable bonds is 2. The molecule has 132 valence electrons. The third-order valence-electron chi connectivity index (χ3n) is 5.07. The van der Waals surface area contributed by atoms with Gasteiger partial charge in [-0.15, -0.1) is 0 Å². The zero-order valence-corrected chi connectivity index (χ0v) is 14.7. The molecular formula is C20H21N5O. The van der Waals surface area contributed by atoms with Crippen molar-refractivity contribution in [2.75, 3.05) is 5.73 Å². The van der Waals surface area contributed by atoms with E-state index in [0.717, 1.165) is 38.6 Å². The summed E-state index contributed by atoms with van der Waals surface area (Å²) in [5.74, 6) is 0.890. The first kappa shape index (κ1) is 16.5. The first-order valence-corrected chi connectivity index (χ1v) is 8.45. The molecule has 0 amide bonds. The van der Waals surface area contributed by atoms with Gasteiger partial charge in [0, 0.05) is 23.6 Å². The molecule has 4 rings (SSSR count). The molecule has 0 fully saturated rings. The van der Waals surface area contributed by atoms with E-state index < -0.39 is 5.66 Å². The number of nitrogens with one attached hydrogen (secondary N) is 1. The third kappa shape index (κ3) is 2.42. The molecule has 6 heteroatoms. The van der Waals surface area contributed by atoms with Crippen molar-refractivity contribution in [1.82, 2.24) is 10.5 Å². The van der Waals surface area contributed by atoms with E-state index in [9.17, 15) is 5.21 Å². The molecule has 0 aliphatic carbocycles. The number of nitrogens with zero attached hydrogens (tertiary/aromatic N) is 2. The van der Waals surface area contributed by atoms with E-state index in [1.165, 1.54) is 0 Å². The zero-order valence-electron chi connectivity index (χ0n) is 14.7. The number of aliphatic imine (C=N–C) groups is 1. The van der Waals surface area contributed by atoms with Crippen molar-refractivity contribution in [2.45, 2.75) is 25.9 Å². The van der Waals surface area contributed by atoms with E-state index in [1.807, 2.05) is 50.2 Å². The highest BCUT2D eigenvalue weighted by molar-refractivity contribution is 6.00. The first-order chi connectivity index (χ1) is 12.4. The quantitative estimate of drug-likeness (QED) is 0.533. The monoisotopic (exact) mass is 347 g/mol. The minimum absolute atomic E-state index is 0.408. The standard InChI is InChI=1S/C20H21N5O/c1-11-3-4-14-10-20(25-26,24-19(22)15(14)7-11)17-9-13-5-6-23-18(21)16(13)8-12(17)2/h3-9,25-26H,10H2,1-2H3,(H2,21,23)(H2,22,24). The van der Waals surface area contributed by atoms with Crippen LogP contribution in [0.25, 0.3) is 10.8 Å². The lowest BCUT2D eigenvalue weighted by molar-refractivity contribution is 0.0624. The van der Waals surface area contributed by atoms with Gasteiger partial charge in [0.2, 0.25) is 0 Å². The van der Waals surface area contributed by atoms with Crippen LogP contribution in [0.5, 0.6) is 0 Å². The van der Waals surface area contributed by atoms with Crippen molar-refractivity contribution in [3.8, 4) is 0 Å². The Balaban J connectivity index is 1.94. The third-order valence-corrected chi connectivity index (χ3v) is 5.07. The summed E-state index contributed by atoms with van der Waals surface area (Å²) < 4.78 is 0. The number of nitrogen functional groups attached to an aromatic ring is 1. The van der Waals surface area contributed by atoms with Gasteiger partial charge in [0.15, 0.2) is 5.66 Å². The van der Waals surface area contributed by atoms with Crippen LogP contribution in [0.4, 0.5) is 5.82 Å². The average Bonchev–Trinajstić information content (AvgIpc) is 2.62. The van der Waals surface area contributed by atoms with E-state index in [1.54, 1.807) is 6.20 Å². The molecule has 3 aromatic rings. The Kier molecular flexibility index (Phi) is 3.68. The lowest BCUT2D eigenvalue weighted by Crippen LogP contribution is -2.46. The number of hydrogen-bond acceptors (Lipinski definition) is 6. The fraction of sp³-hybridized carbons (Fsp3) is 0.200. The van der Waals surface area contributed by atoms with E-state index in [-0.39, 0.29) is 0 Å². The summed E-state index contributed by atoms with van der Waals surface area (Å²) in [6.45, 7) is 3.99. The molecule has 1 aromatic heterocycles. The molecule has 2 aromatic carbocycles. The molecule has 0 saturated heterocycles. The van der Waals surface area contributed by atoms with Crippen LogP contribution < -0.4 is 16.9 Å². The number of pyridine rings is 1. The summed E-state index contributed by atoms with van der Waals surface area (Å²) in [5, 5.41) is 11.9. The molecule has 26 heavy (non-hydrogen) atoms. The molecule has 6 nitrogen and oxygen atoms in total. The minimum atomic E-state index is -1.04. The number of nitrogens with two attached hydrogens (primary N) is 2. The predicted molar refractivity (Wildman–Crippen MR) is 103 cm³/mol. The second-order valence-electron chi connectivity index (χ2n) is 6.89. The smallest absolute Gasteiger partial charge is 0.164 e. The van der Waals surface area contributed by atoms with Crippen LogP contribution >= 0.6 is 0 Å². The number of aryl methyl sites for hydroxylation is 2. The van der Waals surface area contributed by atoms with Gasteiger partial charge in [-0.1, -0.05) is 17.7 Å². The van der Waals surface area contributed by atoms with Crippen LogP contribution in [0.2, 0.25) is 0 Å². The Hall–Kier alpha value is -2.96.